The molecule has 1 fully saturated rings. The first-order chi connectivity index (χ1) is 12.5. The van der Waals surface area contributed by atoms with Crippen LogP contribution in [0.4, 0.5) is 4.39 Å². The zero-order valence-electron chi connectivity index (χ0n) is 15.3. The van der Waals surface area contributed by atoms with Crippen molar-refractivity contribution in [1.82, 2.24) is 15.0 Å². The van der Waals surface area contributed by atoms with Crippen LogP contribution in [0.3, 0.4) is 0 Å². The molecule has 27 heavy (non-hydrogen) atoms. The van der Waals surface area contributed by atoms with Crippen molar-refractivity contribution in [2.45, 2.75) is 32.4 Å². The first-order valence-corrected chi connectivity index (χ1v) is 8.95. The van der Waals surface area contributed by atoms with Gasteiger partial charge in [0.25, 0.3) is 0 Å². The monoisotopic (exact) mass is 397 g/mol. The van der Waals surface area contributed by atoms with Gasteiger partial charge in [-0.25, -0.2) is 4.39 Å². The van der Waals surface area contributed by atoms with Crippen molar-refractivity contribution in [3.8, 4) is 11.3 Å². The average molecular weight is 398 g/mol. The third-order valence-electron chi connectivity index (χ3n) is 4.90. The van der Waals surface area contributed by atoms with E-state index >= 15 is 0 Å². The number of hydrogen-bond acceptors (Lipinski definition) is 5. The van der Waals surface area contributed by atoms with E-state index in [4.69, 9.17) is 9.63 Å². The molecule has 0 atom stereocenters. The van der Waals surface area contributed by atoms with E-state index in [1.807, 2.05) is 17.9 Å². The third kappa shape index (κ3) is 5.76. The largest absolute Gasteiger partial charge is 0.480 e. The molecule has 0 spiro atoms. The Balaban J connectivity index is 0.00000261. The highest BCUT2D eigenvalue weighted by atomic mass is 35.5. The fraction of sp³-hybridized carbons (Fsp3) is 0.474. The highest BCUT2D eigenvalue weighted by Crippen LogP contribution is 2.22. The number of benzene rings is 1. The first-order valence-electron chi connectivity index (χ1n) is 8.95. The number of carboxylic acids is 1. The standard InChI is InChI=1S/C19H24FN3O3.ClH/c1-2-23(13-19(24)25)16-7-9-22(10-8-16)12-17-11-18(21-26-17)14-3-5-15(20)6-4-14;/h3-6,11,16H,2,7-10,12-13H2,1H3,(H,24,25);1H. The van der Waals surface area contributed by atoms with Gasteiger partial charge >= 0.3 is 5.97 Å². The zero-order chi connectivity index (χ0) is 18.5. The van der Waals surface area contributed by atoms with Crippen LogP contribution >= 0.6 is 12.4 Å². The van der Waals surface area contributed by atoms with Crippen LogP contribution in [0, 0.1) is 5.82 Å². The maximum atomic E-state index is 13.0. The maximum Gasteiger partial charge on any atom is 0.317 e. The summed E-state index contributed by atoms with van der Waals surface area (Å²) in [5.41, 5.74) is 1.53. The first kappa shape index (κ1) is 21.3. The predicted molar refractivity (Wildman–Crippen MR) is 102 cm³/mol. The second-order valence-electron chi connectivity index (χ2n) is 6.65. The number of piperidine rings is 1. The lowest BCUT2D eigenvalue weighted by atomic mass is 10.0. The molecule has 0 unspecified atom stereocenters. The van der Waals surface area contributed by atoms with E-state index in [2.05, 4.69) is 10.1 Å². The lowest BCUT2D eigenvalue weighted by molar-refractivity contribution is -0.139. The minimum absolute atomic E-state index is 0. The van der Waals surface area contributed by atoms with E-state index in [0.717, 1.165) is 43.8 Å². The highest BCUT2D eigenvalue weighted by Gasteiger charge is 2.25. The highest BCUT2D eigenvalue weighted by molar-refractivity contribution is 5.85. The van der Waals surface area contributed by atoms with Crippen molar-refractivity contribution in [2.75, 3.05) is 26.2 Å². The molecule has 8 heteroatoms. The summed E-state index contributed by atoms with van der Waals surface area (Å²) in [6, 6.07) is 8.39. The summed E-state index contributed by atoms with van der Waals surface area (Å²) in [7, 11) is 0. The molecule has 0 saturated carbocycles. The number of hydrogen-bond donors (Lipinski definition) is 1. The Hall–Kier alpha value is -1.96. The van der Waals surface area contributed by atoms with Gasteiger partial charge in [0, 0.05) is 30.8 Å². The van der Waals surface area contributed by atoms with Gasteiger partial charge < -0.3 is 9.63 Å². The normalized spacial score (nSPS) is 15.7. The van der Waals surface area contributed by atoms with Gasteiger partial charge in [-0.05, 0) is 43.7 Å². The quantitative estimate of drug-likeness (QED) is 0.773. The van der Waals surface area contributed by atoms with Crippen LogP contribution in [0.5, 0.6) is 0 Å². The van der Waals surface area contributed by atoms with Crippen LogP contribution in [0.15, 0.2) is 34.9 Å². The summed E-state index contributed by atoms with van der Waals surface area (Å²) in [6.07, 6.45) is 1.89. The van der Waals surface area contributed by atoms with Crippen molar-refractivity contribution in [2.24, 2.45) is 0 Å². The van der Waals surface area contributed by atoms with E-state index in [-0.39, 0.29) is 24.8 Å². The Morgan fingerprint density at radius 3 is 2.59 bits per heavy atom. The zero-order valence-corrected chi connectivity index (χ0v) is 16.1. The van der Waals surface area contributed by atoms with Gasteiger partial charge in [-0.1, -0.05) is 12.1 Å². The lowest BCUT2D eigenvalue weighted by Gasteiger charge is -2.37. The number of aliphatic carboxylic acids is 1. The van der Waals surface area contributed by atoms with E-state index in [1.54, 1.807) is 12.1 Å². The summed E-state index contributed by atoms with van der Waals surface area (Å²) < 4.78 is 18.4. The van der Waals surface area contributed by atoms with Gasteiger partial charge in [-0.15, -0.1) is 12.4 Å². The predicted octanol–water partition coefficient (Wildman–Crippen LogP) is 3.27. The van der Waals surface area contributed by atoms with Crippen LogP contribution in [0.25, 0.3) is 11.3 Å². The number of carboxylic acid groups (broad SMARTS) is 1. The minimum atomic E-state index is -0.774. The molecule has 0 aliphatic carbocycles. The molecule has 148 valence electrons. The van der Waals surface area contributed by atoms with Gasteiger partial charge in [0.05, 0.1) is 13.1 Å². The Labute approximate surface area is 164 Å². The van der Waals surface area contributed by atoms with Gasteiger partial charge in [0.2, 0.25) is 0 Å². The van der Waals surface area contributed by atoms with Gasteiger partial charge in [0.1, 0.15) is 11.5 Å². The summed E-state index contributed by atoms with van der Waals surface area (Å²) in [6.45, 7) is 5.32. The van der Waals surface area contributed by atoms with Crippen LogP contribution in [-0.4, -0.2) is 58.3 Å². The Kier molecular flexibility index (Phi) is 7.77. The smallest absolute Gasteiger partial charge is 0.317 e. The second kappa shape index (κ2) is 9.82. The number of likely N-dealkylation sites (tertiary alicyclic amines) is 1. The molecule has 1 aromatic carbocycles. The number of halogens is 2. The van der Waals surface area contributed by atoms with E-state index in [0.29, 0.717) is 18.3 Å². The number of nitrogens with zero attached hydrogens (tertiary/aromatic N) is 3. The van der Waals surface area contributed by atoms with Crippen molar-refractivity contribution >= 4 is 18.4 Å². The van der Waals surface area contributed by atoms with E-state index < -0.39 is 5.97 Å². The molecule has 1 aliphatic rings. The molecule has 0 amide bonds. The number of rotatable bonds is 7. The molecule has 3 rings (SSSR count). The third-order valence-corrected chi connectivity index (χ3v) is 4.90. The topological polar surface area (TPSA) is 69.8 Å². The molecule has 6 nitrogen and oxygen atoms in total. The Bertz CT molecular complexity index is 730. The molecule has 1 aromatic heterocycles. The lowest BCUT2D eigenvalue weighted by Crippen LogP contribution is -2.46. The summed E-state index contributed by atoms with van der Waals surface area (Å²) in [4.78, 5) is 15.3. The van der Waals surface area contributed by atoms with Crippen LogP contribution in [0.2, 0.25) is 0 Å². The Morgan fingerprint density at radius 1 is 1.33 bits per heavy atom. The van der Waals surface area contributed by atoms with E-state index in [9.17, 15) is 9.18 Å². The fourth-order valence-corrected chi connectivity index (χ4v) is 3.48. The van der Waals surface area contributed by atoms with Crippen LogP contribution in [0.1, 0.15) is 25.5 Å². The average Bonchev–Trinajstić information content (AvgIpc) is 3.09. The molecule has 2 aromatic rings. The summed E-state index contributed by atoms with van der Waals surface area (Å²) in [5.74, 6) is -0.269. The number of likely N-dealkylation sites (N-methyl/N-ethyl adjacent to an activating group) is 1. The van der Waals surface area contributed by atoms with Gasteiger partial charge in [-0.3, -0.25) is 14.6 Å². The maximum absolute atomic E-state index is 13.0. The number of carbonyl (C=O) groups is 1. The second-order valence-corrected chi connectivity index (χ2v) is 6.65. The number of aromatic nitrogens is 1. The molecular weight excluding hydrogens is 373 g/mol. The van der Waals surface area contributed by atoms with Gasteiger partial charge in [-0.2, -0.15) is 0 Å². The molecule has 1 saturated heterocycles. The fourth-order valence-electron chi connectivity index (χ4n) is 3.48. The van der Waals surface area contributed by atoms with Crippen molar-refractivity contribution < 1.29 is 18.8 Å². The van der Waals surface area contributed by atoms with Crippen molar-refractivity contribution in [1.29, 1.82) is 0 Å². The molecular formula is C19H25ClFN3O3. The Morgan fingerprint density at radius 2 is 2.00 bits per heavy atom. The molecule has 2 heterocycles. The van der Waals surface area contributed by atoms with Gasteiger partial charge in [0.15, 0.2) is 5.76 Å². The SMILES string of the molecule is CCN(CC(=O)O)C1CCN(Cc2cc(-c3ccc(F)cc3)no2)CC1.Cl. The van der Waals surface area contributed by atoms with E-state index in [1.165, 1.54) is 12.1 Å². The summed E-state index contributed by atoms with van der Waals surface area (Å²) in [5, 5.41) is 13.1. The summed E-state index contributed by atoms with van der Waals surface area (Å²) >= 11 is 0. The molecule has 0 radical (unpaired) electrons. The minimum Gasteiger partial charge on any atom is -0.480 e. The van der Waals surface area contributed by atoms with Crippen LogP contribution in [-0.2, 0) is 11.3 Å². The molecule has 0 bridgehead atoms. The van der Waals surface area contributed by atoms with Crippen molar-refractivity contribution in [3.63, 3.8) is 0 Å². The molecule has 1 aliphatic heterocycles. The van der Waals surface area contributed by atoms with Crippen LogP contribution < -0.4 is 0 Å². The molecule has 1 N–H and O–H groups in total. The van der Waals surface area contributed by atoms with Crippen molar-refractivity contribution in [3.05, 3.63) is 41.9 Å².